The number of carbonyl (C=O) groups excluding carboxylic acids is 1. The Morgan fingerprint density at radius 1 is 1.03 bits per heavy atom. The highest BCUT2D eigenvalue weighted by Gasteiger charge is 2.16. The lowest BCUT2D eigenvalue weighted by Gasteiger charge is -2.16. The smallest absolute Gasteiger partial charge is 0.251 e. The van der Waals surface area contributed by atoms with E-state index in [1.165, 1.54) is 31.7 Å². The van der Waals surface area contributed by atoms with Crippen LogP contribution in [-0.2, 0) is 12.3 Å². The minimum absolute atomic E-state index is 0.0143. The highest BCUT2D eigenvalue weighted by molar-refractivity contribution is 7.98. The molecule has 0 spiro atoms. The predicted octanol–water partition coefficient (Wildman–Crippen LogP) is 6.36. The molecule has 2 aromatic carbocycles. The normalized spacial score (nSPS) is 14.7. The van der Waals surface area contributed by atoms with Crippen molar-refractivity contribution in [1.82, 2.24) is 19.9 Å². The second kappa shape index (κ2) is 11.0. The van der Waals surface area contributed by atoms with Crippen LogP contribution >= 0.6 is 11.8 Å². The third-order valence-electron chi connectivity index (χ3n) is 6.52. The number of aromatic nitrogens is 3. The van der Waals surface area contributed by atoms with Gasteiger partial charge in [-0.15, -0.1) is 0 Å². The second-order valence-corrected chi connectivity index (χ2v) is 10.1. The predicted molar refractivity (Wildman–Crippen MR) is 138 cm³/mol. The molecule has 0 unspecified atom stereocenters. The first kappa shape index (κ1) is 23.5. The van der Waals surface area contributed by atoms with Gasteiger partial charge in [0.15, 0.2) is 5.16 Å². The van der Waals surface area contributed by atoms with E-state index >= 15 is 0 Å². The summed E-state index contributed by atoms with van der Waals surface area (Å²) >= 11 is 1.62. The van der Waals surface area contributed by atoms with Crippen LogP contribution in [0.1, 0.15) is 60.0 Å². The summed E-state index contributed by atoms with van der Waals surface area (Å²) in [6, 6.07) is 16.7. The van der Waals surface area contributed by atoms with Crippen LogP contribution in [0.15, 0.2) is 72.1 Å². The van der Waals surface area contributed by atoms with Crippen LogP contribution in [0, 0.1) is 5.82 Å². The third kappa shape index (κ3) is 5.90. The number of halogens is 1. The molecule has 2 heterocycles. The van der Waals surface area contributed by atoms with Gasteiger partial charge in [-0.25, -0.2) is 9.37 Å². The summed E-state index contributed by atoms with van der Waals surface area (Å²) < 4.78 is 15.8. The third-order valence-corrected chi connectivity index (χ3v) is 7.57. The van der Waals surface area contributed by atoms with Crippen molar-refractivity contribution in [2.45, 2.75) is 62.0 Å². The number of nitrogens with zero attached hydrogens (tertiary/aromatic N) is 3. The molecule has 180 valence electrons. The topological polar surface area (TPSA) is 59.8 Å². The number of imidazole rings is 1. The molecule has 4 aromatic rings. The van der Waals surface area contributed by atoms with Gasteiger partial charge in [0.05, 0.1) is 23.8 Å². The van der Waals surface area contributed by atoms with E-state index in [-0.39, 0.29) is 11.7 Å². The van der Waals surface area contributed by atoms with Crippen molar-refractivity contribution < 1.29 is 9.18 Å². The molecule has 1 aliphatic rings. The SMILES string of the molecule is O=C(NC1CCCCCC1)c1ccc(CSc2nc3ccncc3n2Cc2cccc(F)c2)cc1. The zero-order valence-electron chi connectivity index (χ0n) is 19.6. The molecular weight excluding hydrogens is 459 g/mol. The minimum atomic E-state index is -0.248. The summed E-state index contributed by atoms with van der Waals surface area (Å²) in [6.45, 7) is 0.516. The number of carbonyl (C=O) groups is 1. The number of nitrogens with one attached hydrogen (secondary N) is 1. The molecular formula is C28H29FN4OS. The van der Waals surface area contributed by atoms with Crippen LogP contribution in [0.2, 0.25) is 0 Å². The quantitative estimate of drug-likeness (QED) is 0.243. The number of benzene rings is 2. The molecule has 5 rings (SSSR count). The fourth-order valence-corrected chi connectivity index (χ4v) is 5.59. The Balaban J connectivity index is 1.27. The molecule has 1 aliphatic carbocycles. The summed E-state index contributed by atoms with van der Waals surface area (Å²) in [7, 11) is 0. The summed E-state index contributed by atoms with van der Waals surface area (Å²) in [4.78, 5) is 21.7. The first-order chi connectivity index (χ1) is 17.2. The van der Waals surface area contributed by atoms with Crippen LogP contribution in [0.3, 0.4) is 0 Å². The van der Waals surface area contributed by atoms with Gasteiger partial charge in [0, 0.05) is 23.6 Å². The van der Waals surface area contributed by atoms with Gasteiger partial charge in [0.2, 0.25) is 0 Å². The van der Waals surface area contributed by atoms with Crippen molar-refractivity contribution in [3.8, 4) is 0 Å². The van der Waals surface area contributed by atoms with Gasteiger partial charge in [0.25, 0.3) is 5.91 Å². The second-order valence-electron chi connectivity index (χ2n) is 9.12. The maximum atomic E-state index is 13.7. The van der Waals surface area contributed by atoms with Gasteiger partial charge in [-0.3, -0.25) is 9.78 Å². The number of amides is 1. The van der Waals surface area contributed by atoms with Gasteiger partial charge in [-0.1, -0.05) is 61.7 Å². The molecule has 0 aliphatic heterocycles. The summed E-state index contributed by atoms with van der Waals surface area (Å²) in [6.07, 6.45) is 10.6. The van der Waals surface area contributed by atoms with Crippen LogP contribution in [-0.4, -0.2) is 26.5 Å². The fraction of sp³-hybridized carbons (Fsp3) is 0.321. The van der Waals surface area contributed by atoms with E-state index in [0.29, 0.717) is 23.9 Å². The van der Waals surface area contributed by atoms with E-state index in [1.807, 2.05) is 36.4 Å². The standard InChI is InChI=1S/C28H29FN4OS/c29-23-7-5-6-21(16-23)18-33-26-17-30-15-14-25(26)32-28(33)35-19-20-10-12-22(13-11-20)27(34)31-24-8-3-1-2-4-9-24/h5-7,10-17,24H,1-4,8-9,18-19H2,(H,31,34). The Labute approximate surface area is 209 Å². The number of thioether (sulfide) groups is 1. The molecule has 1 fully saturated rings. The minimum Gasteiger partial charge on any atom is -0.349 e. The molecule has 0 radical (unpaired) electrons. The zero-order valence-corrected chi connectivity index (χ0v) is 20.4. The highest BCUT2D eigenvalue weighted by Crippen LogP contribution is 2.28. The van der Waals surface area contributed by atoms with Crippen molar-refractivity contribution in [3.63, 3.8) is 0 Å². The van der Waals surface area contributed by atoms with E-state index < -0.39 is 0 Å². The van der Waals surface area contributed by atoms with Crippen LogP contribution in [0.25, 0.3) is 11.0 Å². The average molecular weight is 489 g/mol. The zero-order chi connectivity index (χ0) is 24.0. The van der Waals surface area contributed by atoms with Gasteiger partial charge in [-0.2, -0.15) is 0 Å². The first-order valence-electron chi connectivity index (χ1n) is 12.2. The highest BCUT2D eigenvalue weighted by atomic mass is 32.2. The van der Waals surface area contributed by atoms with E-state index in [9.17, 15) is 9.18 Å². The van der Waals surface area contributed by atoms with Crippen LogP contribution < -0.4 is 5.32 Å². The number of rotatable bonds is 7. The molecule has 0 saturated heterocycles. The van der Waals surface area contributed by atoms with Crippen molar-refractivity contribution in [3.05, 3.63) is 89.5 Å². The lowest BCUT2D eigenvalue weighted by molar-refractivity contribution is 0.0933. The van der Waals surface area contributed by atoms with E-state index in [2.05, 4.69) is 14.9 Å². The Bertz CT molecular complexity index is 1300. The Morgan fingerprint density at radius 3 is 2.60 bits per heavy atom. The Kier molecular flexibility index (Phi) is 7.42. The molecule has 7 heteroatoms. The van der Waals surface area contributed by atoms with Crippen LogP contribution in [0.5, 0.6) is 0 Å². The van der Waals surface area contributed by atoms with E-state index in [0.717, 1.165) is 40.2 Å². The number of hydrogen-bond donors (Lipinski definition) is 1. The molecule has 1 amide bonds. The van der Waals surface area contributed by atoms with Gasteiger partial charge in [-0.05, 0) is 54.3 Å². The summed E-state index contributed by atoms with van der Waals surface area (Å²) in [5.74, 6) is 0.479. The van der Waals surface area contributed by atoms with Crippen molar-refractivity contribution in [2.24, 2.45) is 0 Å². The van der Waals surface area contributed by atoms with E-state index in [4.69, 9.17) is 4.98 Å². The first-order valence-corrected chi connectivity index (χ1v) is 13.2. The summed E-state index contributed by atoms with van der Waals surface area (Å²) in [5.41, 5.74) is 4.48. The molecule has 5 nitrogen and oxygen atoms in total. The monoisotopic (exact) mass is 488 g/mol. The van der Waals surface area contributed by atoms with Gasteiger partial charge in [0.1, 0.15) is 5.82 Å². The number of fused-ring (bicyclic) bond motifs is 1. The molecule has 1 N–H and O–H groups in total. The Hall–Kier alpha value is -3.19. The van der Waals surface area contributed by atoms with Gasteiger partial charge >= 0.3 is 0 Å². The van der Waals surface area contributed by atoms with E-state index in [1.54, 1.807) is 36.3 Å². The molecule has 0 bridgehead atoms. The van der Waals surface area contributed by atoms with Gasteiger partial charge < -0.3 is 9.88 Å². The fourth-order valence-electron chi connectivity index (χ4n) is 4.62. The largest absolute Gasteiger partial charge is 0.349 e. The Morgan fingerprint density at radius 2 is 1.83 bits per heavy atom. The number of hydrogen-bond acceptors (Lipinski definition) is 4. The molecule has 35 heavy (non-hydrogen) atoms. The van der Waals surface area contributed by atoms with Crippen LogP contribution in [0.4, 0.5) is 4.39 Å². The maximum Gasteiger partial charge on any atom is 0.251 e. The molecule has 1 saturated carbocycles. The van der Waals surface area contributed by atoms with Crippen molar-refractivity contribution in [2.75, 3.05) is 0 Å². The maximum absolute atomic E-state index is 13.7. The van der Waals surface area contributed by atoms with Crippen molar-refractivity contribution in [1.29, 1.82) is 0 Å². The van der Waals surface area contributed by atoms with Crippen molar-refractivity contribution >= 4 is 28.7 Å². The molecule has 2 aromatic heterocycles. The average Bonchev–Trinajstić information content (AvgIpc) is 3.02. The lowest BCUT2D eigenvalue weighted by Crippen LogP contribution is -2.34. The molecule has 0 atom stereocenters. The lowest BCUT2D eigenvalue weighted by atomic mass is 10.1. The number of pyridine rings is 1. The summed E-state index contributed by atoms with van der Waals surface area (Å²) in [5, 5.41) is 4.07.